The van der Waals surface area contributed by atoms with Crippen molar-refractivity contribution in [2.75, 3.05) is 0 Å². The van der Waals surface area contributed by atoms with Crippen LogP contribution in [-0.4, -0.2) is 9.97 Å². The third-order valence-electron chi connectivity index (χ3n) is 1.38. The van der Waals surface area contributed by atoms with Gasteiger partial charge in [0.15, 0.2) is 0 Å². The Morgan fingerprint density at radius 3 is 2.50 bits per heavy atom. The van der Waals surface area contributed by atoms with Gasteiger partial charge in [-0.25, -0.2) is 9.97 Å². The van der Waals surface area contributed by atoms with E-state index in [0.717, 1.165) is 12.4 Å². The van der Waals surface area contributed by atoms with E-state index in [4.69, 9.17) is 0 Å². The van der Waals surface area contributed by atoms with Gasteiger partial charge in [0, 0.05) is 5.69 Å². The molecule has 5 heteroatoms. The van der Waals surface area contributed by atoms with Crippen LogP contribution in [0, 0.1) is 0 Å². The van der Waals surface area contributed by atoms with Crippen molar-refractivity contribution >= 4 is 0 Å². The largest absolute Gasteiger partial charge is 0.433 e. The van der Waals surface area contributed by atoms with Gasteiger partial charge in [-0.2, -0.15) is 13.2 Å². The van der Waals surface area contributed by atoms with Gasteiger partial charge in [-0.15, -0.1) is 0 Å². The Hall–Kier alpha value is -1.13. The number of nitrogens with zero attached hydrogens (tertiary/aromatic N) is 2. The van der Waals surface area contributed by atoms with Crippen LogP contribution in [0.1, 0.15) is 18.3 Å². The van der Waals surface area contributed by atoms with Crippen molar-refractivity contribution in [1.29, 1.82) is 0 Å². The fraction of sp³-hybridized carbons (Fsp3) is 0.429. The number of alkyl halides is 3. The highest BCUT2D eigenvalue weighted by Crippen LogP contribution is 2.27. The Balaban J connectivity index is 3.02. The van der Waals surface area contributed by atoms with Crippen LogP contribution in [0.25, 0.3) is 0 Å². The molecule has 2 nitrogen and oxygen atoms in total. The van der Waals surface area contributed by atoms with Crippen LogP contribution in [0.5, 0.6) is 0 Å². The van der Waals surface area contributed by atoms with E-state index in [1.807, 2.05) is 0 Å². The number of aromatic nitrogens is 2. The van der Waals surface area contributed by atoms with Crippen LogP contribution in [0.15, 0.2) is 12.4 Å². The monoisotopic (exact) mass is 176 g/mol. The summed E-state index contributed by atoms with van der Waals surface area (Å²) in [6.45, 7) is 1.74. The molecule has 0 saturated heterocycles. The van der Waals surface area contributed by atoms with Crippen LogP contribution in [-0.2, 0) is 12.6 Å². The molecule has 12 heavy (non-hydrogen) atoms. The zero-order valence-electron chi connectivity index (χ0n) is 6.39. The third-order valence-corrected chi connectivity index (χ3v) is 1.38. The molecular weight excluding hydrogens is 169 g/mol. The molecular formula is C7H7F3N2. The first-order chi connectivity index (χ1) is 5.54. The SMILES string of the molecule is CCc1cc(C(F)(F)F)ncn1. The van der Waals surface area contributed by atoms with Crippen molar-refractivity contribution in [3.05, 3.63) is 23.8 Å². The average molecular weight is 176 g/mol. The number of hydrogen-bond donors (Lipinski definition) is 0. The molecule has 0 fully saturated rings. The summed E-state index contributed by atoms with van der Waals surface area (Å²) in [7, 11) is 0. The van der Waals surface area contributed by atoms with E-state index in [9.17, 15) is 13.2 Å². The molecule has 0 aromatic carbocycles. The van der Waals surface area contributed by atoms with E-state index in [1.54, 1.807) is 6.92 Å². The molecule has 0 saturated carbocycles. The van der Waals surface area contributed by atoms with E-state index < -0.39 is 11.9 Å². The Bertz CT molecular complexity index is 270. The summed E-state index contributed by atoms with van der Waals surface area (Å²) in [5.74, 6) is 0. The lowest BCUT2D eigenvalue weighted by molar-refractivity contribution is -0.141. The second kappa shape index (κ2) is 3.08. The summed E-state index contributed by atoms with van der Waals surface area (Å²) in [4.78, 5) is 6.78. The summed E-state index contributed by atoms with van der Waals surface area (Å²) in [6.07, 6.45) is -2.96. The summed E-state index contributed by atoms with van der Waals surface area (Å²) < 4.78 is 36.0. The molecule has 0 aliphatic heterocycles. The molecule has 0 amide bonds. The zero-order valence-corrected chi connectivity index (χ0v) is 6.39. The molecule has 0 aliphatic carbocycles. The zero-order chi connectivity index (χ0) is 9.19. The molecule has 0 radical (unpaired) electrons. The topological polar surface area (TPSA) is 25.8 Å². The Morgan fingerprint density at radius 2 is 2.00 bits per heavy atom. The predicted molar refractivity (Wildman–Crippen MR) is 36.4 cm³/mol. The van der Waals surface area contributed by atoms with Gasteiger partial charge in [-0.05, 0) is 12.5 Å². The van der Waals surface area contributed by atoms with Gasteiger partial charge in [0.05, 0.1) is 0 Å². The van der Waals surface area contributed by atoms with Crippen LogP contribution >= 0.6 is 0 Å². The number of aryl methyl sites for hydroxylation is 1. The van der Waals surface area contributed by atoms with E-state index in [2.05, 4.69) is 9.97 Å². The van der Waals surface area contributed by atoms with Crippen LogP contribution in [0.2, 0.25) is 0 Å². The number of rotatable bonds is 1. The lowest BCUT2D eigenvalue weighted by Gasteiger charge is -2.05. The molecule has 0 aliphatic rings. The maximum Gasteiger partial charge on any atom is 0.433 e. The Morgan fingerprint density at radius 1 is 1.33 bits per heavy atom. The van der Waals surface area contributed by atoms with Gasteiger partial charge in [0.25, 0.3) is 0 Å². The Kier molecular flexibility index (Phi) is 2.30. The van der Waals surface area contributed by atoms with Gasteiger partial charge in [-0.3, -0.25) is 0 Å². The highest BCUT2D eigenvalue weighted by molar-refractivity contribution is 5.10. The van der Waals surface area contributed by atoms with E-state index in [0.29, 0.717) is 12.1 Å². The minimum atomic E-state index is -4.37. The van der Waals surface area contributed by atoms with Crippen molar-refractivity contribution in [2.24, 2.45) is 0 Å². The predicted octanol–water partition coefficient (Wildman–Crippen LogP) is 2.06. The standard InChI is InChI=1S/C7H7F3N2/c1-2-5-3-6(7(8,9)10)12-4-11-5/h3-4H,2H2,1H3. The first-order valence-corrected chi connectivity index (χ1v) is 3.42. The summed E-state index contributed by atoms with van der Waals surface area (Å²) in [5, 5.41) is 0. The highest BCUT2D eigenvalue weighted by Gasteiger charge is 2.32. The molecule has 1 heterocycles. The molecule has 1 aromatic rings. The van der Waals surface area contributed by atoms with Crippen molar-refractivity contribution in [2.45, 2.75) is 19.5 Å². The Labute approximate surface area is 67.5 Å². The van der Waals surface area contributed by atoms with Gasteiger partial charge in [-0.1, -0.05) is 6.92 Å². The van der Waals surface area contributed by atoms with E-state index in [-0.39, 0.29) is 0 Å². The van der Waals surface area contributed by atoms with Crippen molar-refractivity contribution in [3.8, 4) is 0 Å². The number of halogens is 3. The maximum atomic E-state index is 12.0. The quantitative estimate of drug-likeness (QED) is 0.654. The summed E-state index contributed by atoms with van der Waals surface area (Å²) in [5.41, 5.74) is -0.480. The molecule has 0 bridgehead atoms. The van der Waals surface area contributed by atoms with E-state index >= 15 is 0 Å². The van der Waals surface area contributed by atoms with Crippen molar-refractivity contribution < 1.29 is 13.2 Å². The molecule has 0 spiro atoms. The second-order valence-electron chi connectivity index (χ2n) is 2.25. The second-order valence-corrected chi connectivity index (χ2v) is 2.25. The van der Waals surface area contributed by atoms with Crippen LogP contribution in [0.3, 0.4) is 0 Å². The van der Waals surface area contributed by atoms with Crippen LogP contribution in [0.4, 0.5) is 13.2 Å². The minimum Gasteiger partial charge on any atom is -0.241 e. The molecule has 0 atom stereocenters. The third kappa shape index (κ3) is 1.93. The fourth-order valence-corrected chi connectivity index (χ4v) is 0.746. The smallest absolute Gasteiger partial charge is 0.241 e. The fourth-order valence-electron chi connectivity index (χ4n) is 0.746. The van der Waals surface area contributed by atoms with Gasteiger partial charge in [0.1, 0.15) is 12.0 Å². The summed E-state index contributed by atoms with van der Waals surface area (Å²) in [6, 6.07) is 0.958. The van der Waals surface area contributed by atoms with E-state index in [1.165, 1.54) is 0 Å². The van der Waals surface area contributed by atoms with Crippen LogP contribution < -0.4 is 0 Å². The first-order valence-electron chi connectivity index (χ1n) is 3.42. The number of hydrogen-bond acceptors (Lipinski definition) is 2. The molecule has 0 N–H and O–H groups in total. The van der Waals surface area contributed by atoms with Crippen molar-refractivity contribution in [1.82, 2.24) is 9.97 Å². The lowest BCUT2D eigenvalue weighted by Crippen LogP contribution is -2.08. The highest BCUT2D eigenvalue weighted by atomic mass is 19.4. The molecule has 1 rings (SSSR count). The van der Waals surface area contributed by atoms with Gasteiger partial charge >= 0.3 is 6.18 Å². The van der Waals surface area contributed by atoms with Gasteiger partial charge in [0.2, 0.25) is 0 Å². The lowest BCUT2D eigenvalue weighted by atomic mass is 10.3. The minimum absolute atomic E-state index is 0.400. The maximum absolute atomic E-state index is 12.0. The van der Waals surface area contributed by atoms with Crippen molar-refractivity contribution in [3.63, 3.8) is 0 Å². The molecule has 0 unspecified atom stereocenters. The van der Waals surface area contributed by atoms with Gasteiger partial charge < -0.3 is 0 Å². The average Bonchev–Trinajstić information content (AvgIpc) is 2.03. The molecule has 66 valence electrons. The normalized spacial score (nSPS) is 11.7. The first kappa shape index (κ1) is 8.96. The summed E-state index contributed by atoms with van der Waals surface area (Å²) >= 11 is 0. The molecule has 1 aromatic heterocycles.